The minimum atomic E-state index is -0.473. The van der Waals surface area contributed by atoms with E-state index in [-0.39, 0.29) is 17.2 Å². The lowest BCUT2D eigenvalue weighted by Gasteiger charge is -2.34. The number of benzene rings is 1. The molecule has 6 nitrogen and oxygen atoms in total. The second-order valence-electron chi connectivity index (χ2n) is 6.12. The third-order valence-corrected chi connectivity index (χ3v) is 4.45. The van der Waals surface area contributed by atoms with E-state index >= 15 is 0 Å². The predicted molar refractivity (Wildman–Crippen MR) is 89.2 cm³/mol. The van der Waals surface area contributed by atoms with Gasteiger partial charge >= 0.3 is 0 Å². The molecular weight excluding hydrogens is 325 g/mol. The third kappa shape index (κ3) is 3.40. The van der Waals surface area contributed by atoms with Crippen LogP contribution in [0.3, 0.4) is 0 Å². The maximum absolute atomic E-state index is 13.4. The Morgan fingerprint density at radius 1 is 1.36 bits per heavy atom. The van der Waals surface area contributed by atoms with Crippen LogP contribution >= 0.6 is 0 Å². The Labute approximate surface area is 144 Å². The van der Waals surface area contributed by atoms with E-state index in [0.29, 0.717) is 25.1 Å². The molecule has 1 aliphatic rings. The number of hydrogen-bond donors (Lipinski definition) is 1. The molecule has 7 heteroatoms. The van der Waals surface area contributed by atoms with Crippen LogP contribution in [0.5, 0.6) is 5.75 Å². The van der Waals surface area contributed by atoms with E-state index in [0.717, 1.165) is 12.8 Å². The molecule has 1 aromatic heterocycles. The van der Waals surface area contributed by atoms with Gasteiger partial charge in [0.25, 0.3) is 5.91 Å². The normalized spacial score (nSPS) is 17.5. The number of aromatic nitrogens is 2. The summed E-state index contributed by atoms with van der Waals surface area (Å²) in [6.07, 6.45) is 3.96. The molecule has 0 bridgehead atoms. The highest BCUT2D eigenvalue weighted by molar-refractivity contribution is 5.98. The van der Waals surface area contributed by atoms with E-state index in [1.54, 1.807) is 13.0 Å². The van der Waals surface area contributed by atoms with Crippen LogP contribution in [0.15, 0.2) is 30.5 Å². The van der Waals surface area contributed by atoms with Gasteiger partial charge in [-0.1, -0.05) is 13.0 Å². The average molecular weight is 345 g/mol. The summed E-state index contributed by atoms with van der Waals surface area (Å²) in [5.74, 6) is -1.19. The van der Waals surface area contributed by atoms with Gasteiger partial charge in [0.1, 0.15) is 5.82 Å². The Morgan fingerprint density at radius 2 is 2.16 bits per heavy atom. The van der Waals surface area contributed by atoms with Crippen molar-refractivity contribution in [1.82, 2.24) is 14.7 Å². The van der Waals surface area contributed by atoms with Crippen LogP contribution < -0.4 is 0 Å². The molecule has 2 heterocycles. The molecule has 1 saturated heterocycles. The van der Waals surface area contributed by atoms with E-state index in [2.05, 4.69) is 5.10 Å². The topological polar surface area (TPSA) is 75.4 Å². The van der Waals surface area contributed by atoms with E-state index < -0.39 is 17.8 Å². The minimum absolute atomic E-state index is 0.0112. The van der Waals surface area contributed by atoms with Crippen LogP contribution in [0.2, 0.25) is 0 Å². The zero-order valence-corrected chi connectivity index (χ0v) is 14.0. The third-order valence-electron chi connectivity index (χ3n) is 4.45. The fourth-order valence-electron chi connectivity index (χ4n) is 3.15. The Kier molecular flexibility index (Phi) is 4.83. The maximum atomic E-state index is 13.4. The molecule has 1 aromatic carbocycles. The summed E-state index contributed by atoms with van der Waals surface area (Å²) in [4.78, 5) is 26.5. The highest BCUT2D eigenvalue weighted by atomic mass is 19.1. The highest BCUT2D eigenvalue weighted by Gasteiger charge is 2.34. The van der Waals surface area contributed by atoms with Crippen molar-refractivity contribution in [1.29, 1.82) is 0 Å². The van der Waals surface area contributed by atoms with Crippen molar-refractivity contribution in [2.45, 2.75) is 38.6 Å². The van der Waals surface area contributed by atoms with Gasteiger partial charge in [-0.15, -0.1) is 0 Å². The fraction of sp³-hybridized carbons (Fsp3) is 0.389. The number of piperidine rings is 1. The summed E-state index contributed by atoms with van der Waals surface area (Å²) in [5, 5.41) is 14.2. The first-order valence-corrected chi connectivity index (χ1v) is 8.39. The summed E-state index contributed by atoms with van der Waals surface area (Å²) in [6, 6.07) is 5.23. The number of carbonyl (C=O) groups excluding carboxylic acids is 2. The second kappa shape index (κ2) is 7.04. The van der Waals surface area contributed by atoms with Crippen LogP contribution in [0.25, 0.3) is 5.69 Å². The van der Waals surface area contributed by atoms with Crippen LogP contribution in [0.4, 0.5) is 4.39 Å². The molecule has 0 spiro atoms. The molecule has 3 rings (SSSR count). The smallest absolute Gasteiger partial charge is 0.278 e. The van der Waals surface area contributed by atoms with Gasteiger partial charge in [0.2, 0.25) is 0 Å². The number of likely N-dealkylation sites (tertiary alicyclic amines) is 1. The number of rotatable bonds is 4. The molecule has 1 unspecified atom stereocenters. The quantitative estimate of drug-likeness (QED) is 0.924. The summed E-state index contributed by atoms with van der Waals surface area (Å²) in [5.41, 5.74) is 0.272. The number of ketones is 1. The largest absolute Gasteiger partial charge is 0.504 e. The number of halogens is 1. The van der Waals surface area contributed by atoms with Crippen molar-refractivity contribution in [3.63, 3.8) is 0 Å². The molecule has 1 aliphatic heterocycles. The fourth-order valence-corrected chi connectivity index (χ4v) is 3.15. The molecule has 0 saturated carbocycles. The summed E-state index contributed by atoms with van der Waals surface area (Å²) in [7, 11) is 0. The molecule has 25 heavy (non-hydrogen) atoms. The van der Waals surface area contributed by atoms with Crippen LogP contribution in [-0.2, 0) is 4.79 Å². The lowest BCUT2D eigenvalue weighted by Crippen LogP contribution is -2.48. The van der Waals surface area contributed by atoms with Gasteiger partial charge < -0.3 is 10.0 Å². The first-order valence-electron chi connectivity index (χ1n) is 8.39. The Morgan fingerprint density at radius 3 is 2.88 bits per heavy atom. The van der Waals surface area contributed by atoms with Gasteiger partial charge in [-0.3, -0.25) is 9.59 Å². The SMILES string of the molecule is CCC(=O)C1CCCCN1C(=O)c1nn(-c2cccc(F)c2)cc1O. The van der Waals surface area contributed by atoms with Crippen molar-refractivity contribution in [2.24, 2.45) is 0 Å². The summed E-state index contributed by atoms with van der Waals surface area (Å²) in [6.45, 7) is 2.23. The Hall–Kier alpha value is -2.70. The monoisotopic (exact) mass is 345 g/mol. The first-order chi connectivity index (χ1) is 12.0. The van der Waals surface area contributed by atoms with Crippen molar-refractivity contribution in [2.75, 3.05) is 6.54 Å². The van der Waals surface area contributed by atoms with Crippen molar-refractivity contribution in [3.8, 4) is 11.4 Å². The lowest BCUT2D eigenvalue weighted by atomic mass is 9.97. The second-order valence-corrected chi connectivity index (χ2v) is 6.12. The predicted octanol–water partition coefficient (Wildman–Crippen LogP) is 2.69. The standard InChI is InChI=1S/C18H20FN3O3/c1-2-15(23)14-8-3-4-9-21(14)18(25)17-16(24)11-22(20-17)13-7-5-6-12(19)10-13/h5-7,10-11,14,24H,2-4,8-9H2,1H3. The average Bonchev–Trinajstić information content (AvgIpc) is 3.02. The minimum Gasteiger partial charge on any atom is -0.504 e. The molecule has 2 aromatic rings. The van der Waals surface area contributed by atoms with Gasteiger partial charge in [-0.05, 0) is 37.5 Å². The highest BCUT2D eigenvalue weighted by Crippen LogP contribution is 2.25. The van der Waals surface area contributed by atoms with Crippen molar-refractivity contribution < 1.29 is 19.1 Å². The Bertz CT molecular complexity index is 803. The van der Waals surface area contributed by atoms with Gasteiger partial charge in [-0.2, -0.15) is 5.10 Å². The Balaban J connectivity index is 1.90. The number of aromatic hydroxyl groups is 1. The number of Topliss-reactive ketones (excluding diaryl/α,β-unsaturated/α-hetero) is 1. The van der Waals surface area contributed by atoms with Gasteiger partial charge in [0.05, 0.1) is 17.9 Å². The zero-order valence-electron chi connectivity index (χ0n) is 14.0. The van der Waals surface area contributed by atoms with Crippen LogP contribution in [0.1, 0.15) is 43.1 Å². The molecule has 1 atom stereocenters. The maximum Gasteiger partial charge on any atom is 0.278 e. The number of carbonyl (C=O) groups is 2. The van der Waals surface area contributed by atoms with Crippen molar-refractivity contribution in [3.05, 3.63) is 42.0 Å². The summed E-state index contributed by atoms with van der Waals surface area (Å²) < 4.78 is 14.6. The molecule has 1 N–H and O–H groups in total. The molecule has 1 amide bonds. The molecular formula is C18H20FN3O3. The van der Waals surface area contributed by atoms with E-state index in [9.17, 15) is 19.1 Å². The van der Waals surface area contributed by atoms with Crippen LogP contribution in [0, 0.1) is 5.82 Å². The van der Waals surface area contributed by atoms with E-state index in [1.165, 1.54) is 34.0 Å². The lowest BCUT2D eigenvalue weighted by molar-refractivity contribution is -0.124. The number of nitrogens with zero attached hydrogens (tertiary/aromatic N) is 3. The van der Waals surface area contributed by atoms with Gasteiger partial charge in [0, 0.05) is 13.0 Å². The zero-order chi connectivity index (χ0) is 18.0. The van der Waals surface area contributed by atoms with E-state index in [1.807, 2.05) is 0 Å². The number of hydrogen-bond acceptors (Lipinski definition) is 4. The molecule has 132 valence electrons. The number of amides is 1. The van der Waals surface area contributed by atoms with Crippen molar-refractivity contribution >= 4 is 11.7 Å². The van der Waals surface area contributed by atoms with Gasteiger partial charge in [0.15, 0.2) is 17.2 Å². The van der Waals surface area contributed by atoms with Crippen LogP contribution in [-0.4, -0.2) is 44.1 Å². The summed E-state index contributed by atoms with van der Waals surface area (Å²) >= 11 is 0. The van der Waals surface area contributed by atoms with E-state index in [4.69, 9.17) is 0 Å². The molecule has 0 aliphatic carbocycles. The first kappa shape index (κ1) is 17.1. The van der Waals surface area contributed by atoms with Gasteiger partial charge in [-0.25, -0.2) is 9.07 Å². The molecule has 0 radical (unpaired) electrons. The molecule has 1 fully saturated rings.